The van der Waals surface area contributed by atoms with Crippen LogP contribution in [0.1, 0.15) is 19.4 Å². The summed E-state index contributed by atoms with van der Waals surface area (Å²) < 4.78 is 41.0. The topological polar surface area (TPSA) is 65.2 Å². The van der Waals surface area contributed by atoms with Crippen LogP contribution in [-0.4, -0.2) is 37.3 Å². The maximum atomic E-state index is 13.3. The largest absolute Gasteiger partial charge is 0.361 e. The summed E-state index contributed by atoms with van der Waals surface area (Å²) in [5, 5.41) is 0.784. The third-order valence-corrected chi connectivity index (χ3v) is 5.26. The first-order chi connectivity index (χ1) is 9.81. The van der Waals surface area contributed by atoms with E-state index in [1.165, 1.54) is 23.5 Å². The molecular formula is C14H20FN3O2S. The number of benzene rings is 1. The van der Waals surface area contributed by atoms with E-state index in [0.29, 0.717) is 6.42 Å². The molecule has 0 saturated heterocycles. The van der Waals surface area contributed by atoms with E-state index in [9.17, 15) is 12.8 Å². The monoisotopic (exact) mass is 313 g/mol. The van der Waals surface area contributed by atoms with Crippen molar-refractivity contribution in [3.63, 3.8) is 0 Å². The second-order valence-electron chi connectivity index (χ2n) is 5.26. The first kappa shape index (κ1) is 15.9. The van der Waals surface area contributed by atoms with E-state index < -0.39 is 10.2 Å². The van der Waals surface area contributed by atoms with Crippen LogP contribution in [0.4, 0.5) is 4.39 Å². The van der Waals surface area contributed by atoms with Crippen molar-refractivity contribution in [1.29, 1.82) is 0 Å². The summed E-state index contributed by atoms with van der Waals surface area (Å²) in [7, 11) is -1.94. The molecule has 0 amide bonds. The SMILES string of the molecule is CC(C)N(C)S(=O)(=O)NCCc1c[nH]c2ccc(F)cc12. The number of rotatable bonds is 6. The van der Waals surface area contributed by atoms with Gasteiger partial charge in [-0.05, 0) is 44.0 Å². The van der Waals surface area contributed by atoms with Crippen molar-refractivity contribution in [2.24, 2.45) is 0 Å². The molecule has 0 aliphatic heterocycles. The summed E-state index contributed by atoms with van der Waals surface area (Å²) in [6.07, 6.45) is 2.28. The normalized spacial score (nSPS) is 12.7. The van der Waals surface area contributed by atoms with Crippen molar-refractivity contribution >= 4 is 21.1 Å². The minimum absolute atomic E-state index is 0.107. The molecular weight excluding hydrogens is 293 g/mol. The molecule has 0 atom stereocenters. The summed E-state index contributed by atoms with van der Waals surface area (Å²) in [6, 6.07) is 4.41. The molecule has 1 aromatic heterocycles. The van der Waals surface area contributed by atoms with Gasteiger partial charge in [-0.25, -0.2) is 9.11 Å². The minimum Gasteiger partial charge on any atom is -0.361 e. The number of halogens is 1. The molecule has 1 heterocycles. The number of fused-ring (bicyclic) bond motifs is 1. The van der Waals surface area contributed by atoms with E-state index in [-0.39, 0.29) is 18.4 Å². The Balaban J connectivity index is 2.04. The first-order valence-electron chi connectivity index (χ1n) is 6.79. The molecule has 0 fully saturated rings. The lowest BCUT2D eigenvalue weighted by atomic mass is 10.1. The van der Waals surface area contributed by atoms with Gasteiger partial charge in [0.1, 0.15) is 5.82 Å². The van der Waals surface area contributed by atoms with Crippen molar-refractivity contribution in [3.05, 3.63) is 35.8 Å². The van der Waals surface area contributed by atoms with Gasteiger partial charge in [-0.2, -0.15) is 12.7 Å². The standard InChI is InChI=1S/C14H20FN3O2S/c1-10(2)18(3)21(19,20)17-7-6-11-9-16-14-5-4-12(15)8-13(11)14/h4-5,8-10,16-17H,6-7H2,1-3H3. The second kappa shape index (κ2) is 6.13. The Bertz CT molecular complexity index is 725. The summed E-state index contributed by atoms with van der Waals surface area (Å²) in [5.41, 5.74) is 1.73. The quantitative estimate of drug-likeness (QED) is 0.857. The van der Waals surface area contributed by atoms with Crippen LogP contribution < -0.4 is 4.72 Å². The summed E-state index contributed by atoms with van der Waals surface area (Å²) in [4.78, 5) is 3.05. The van der Waals surface area contributed by atoms with Gasteiger partial charge in [-0.1, -0.05) is 0 Å². The van der Waals surface area contributed by atoms with E-state index in [1.807, 2.05) is 13.8 Å². The molecule has 7 heteroatoms. The van der Waals surface area contributed by atoms with Gasteiger partial charge in [0, 0.05) is 36.7 Å². The lowest BCUT2D eigenvalue weighted by Gasteiger charge is -2.21. The molecule has 2 aromatic rings. The van der Waals surface area contributed by atoms with E-state index in [1.54, 1.807) is 12.3 Å². The lowest BCUT2D eigenvalue weighted by Crippen LogP contribution is -2.42. The van der Waals surface area contributed by atoms with Crippen LogP contribution in [-0.2, 0) is 16.6 Å². The molecule has 0 saturated carbocycles. The highest BCUT2D eigenvalue weighted by atomic mass is 32.2. The van der Waals surface area contributed by atoms with Gasteiger partial charge in [-0.3, -0.25) is 0 Å². The van der Waals surface area contributed by atoms with Crippen molar-refractivity contribution in [2.75, 3.05) is 13.6 Å². The number of aromatic nitrogens is 1. The fourth-order valence-corrected chi connectivity index (χ4v) is 3.17. The fourth-order valence-electron chi connectivity index (χ4n) is 2.05. The van der Waals surface area contributed by atoms with Crippen molar-refractivity contribution in [3.8, 4) is 0 Å². The Morgan fingerprint density at radius 2 is 2.10 bits per heavy atom. The summed E-state index contributed by atoms with van der Waals surface area (Å²) >= 11 is 0. The second-order valence-corrected chi connectivity index (χ2v) is 7.08. The molecule has 0 spiro atoms. The van der Waals surface area contributed by atoms with Gasteiger partial charge >= 0.3 is 0 Å². The number of aromatic amines is 1. The number of hydrogen-bond donors (Lipinski definition) is 2. The van der Waals surface area contributed by atoms with Gasteiger partial charge in [0.15, 0.2) is 0 Å². The van der Waals surface area contributed by atoms with E-state index in [2.05, 4.69) is 9.71 Å². The van der Waals surface area contributed by atoms with Crippen LogP contribution in [0.15, 0.2) is 24.4 Å². The van der Waals surface area contributed by atoms with Gasteiger partial charge in [0.2, 0.25) is 0 Å². The van der Waals surface area contributed by atoms with E-state index in [0.717, 1.165) is 16.5 Å². The van der Waals surface area contributed by atoms with E-state index >= 15 is 0 Å². The maximum absolute atomic E-state index is 13.3. The Morgan fingerprint density at radius 3 is 2.76 bits per heavy atom. The molecule has 0 unspecified atom stereocenters. The first-order valence-corrected chi connectivity index (χ1v) is 8.23. The number of nitrogens with zero attached hydrogens (tertiary/aromatic N) is 1. The highest BCUT2D eigenvalue weighted by molar-refractivity contribution is 7.87. The summed E-state index contributed by atoms with van der Waals surface area (Å²) in [5.74, 6) is -0.302. The predicted octanol–water partition coefficient (Wildman–Crippen LogP) is 2.02. The molecule has 0 bridgehead atoms. The molecule has 21 heavy (non-hydrogen) atoms. The van der Waals surface area contributed by atoms with Crippen LogP contribution in [0.25, 0.3) is 10.9 Å². The minimum atomic E-state index is -3.48. The average Bonchev–Trinajstić information content (AvgIpc) is 2.80. The third-order valence-electron chi connectivity index (χ3n) is 3.51. The number of nitrogens with one attached hydrogen (secondary N) is 2. The lowest BCUT2D eigenvalue weighted by molar-refractivity contribution is 0.403. The van der Waals surface area contributed by atoms with Gasteiger partial charge in [0.25, 0.3) is 10.2 Å². The van der Waals surface area contributed by atoms with Crippen LogP contribution >= 0.6 is 0 Å². The predicted molar refractivity (Wildman–Crippen MR) is 81.8 cm³/mol. The Hall–Kier alpha value is -1.44. The van der Waals surface area contributed by atoms with E-state index in [4.69, 9.17) is 0 Å². The third kappa shape index (κ3) is 3.61. The van der Waals surface area contributed by atoms with Gasteiger partial charge < -0.3 is 4.98 Å². The van der Waals surface area contributed by atoms with Crippen LogP contribution in [0.5, 0.6) is 0 Å². The Kier molecular flexibility index (Phi) is 4.65. The highest BCUT2D eigenvalue weighted by Gasteiger charge is 2.19. The molecule has 116 valence electrons. The Morgan fingerprint density at radius 1 is 1.38 bits per heavy atom. The van der Waals surface area contributed by atoms with Gasteiger partial charge in [-0.15, -0.1) is 0 Å². The molecule has 2 rings (SSSR count). The zero-order valence-corrected chi connectivity index (χ0v) is 13.2. The van der Waals surface area contributed by atoms with Crippen LogP contribution in [0.2, 0.25) is 0 Å². The number of H-pyrrole nitrogens is 1. The molecule has 0 aliphatic carbocycles. The molecule has 5 nitrogen and oxygen atoms in total. The van der Waals surface area contributed by atoms with Crippen LogP contribution in [0, 0.1) is 5.82 Å². The average molecular weight is 313 g/mol. The molecule has 2 N–H and O–H groups in total. The van der Waals surface area contributed by atoms with Gasteiger partial charge in [0.05, 0.1) is 0 Å². The molecule has 1 aromatic carbocycles. The smallest absolute Gasteiger partial charge is 0.279 e. The number of hydrogen-bond acceptors (Lipinski definition) is 2. The maximum Gasteiger partial charge on any atom is 0.279 e. The van der Waals surface area contributed by atoms with Crippen molar-refractivity contribution in [1.82, 2.24) is 14.0 Å². The zero-order chi connectivity index (χ0) is 15.6. The van der Waals surface area contributed by atoms with Crippen LogP contribution in [0.3, 0.4) is 0 Å². The fraction of sp³-hybridized carbons (Fsp3) is 0.429. The molecule has 0 radical (unpaired) electrons. The summed E-state index contributed by atoms with van der Waals surface area (Å²) in [6.45, 7) is 3.88. The molecule has 0 aliphatic rings. The van der Waals surface area contributed by atoms with Crippen molar-refractivity contribution < 1.29 is 12.8 Å². The zero-order valence-electron chi connectivity index (χ0n) is 12.4. The van der Waals surface area contributed by atoms with Crippen molar-refractivity contribution in [2.45, 2.75) is 26.3 Å². The Labute approximate surface area is 124 Å². The highest BCUT2D eigenvalue weighted by Crippen LogP contribution is 2.19.